The summed E-state index contributed by atoms with van der Waals surface area (Å²) in [6.07, 6.45) is 2.89. The van der Waals surface area contributed by atoms with Gasteiger partial charge < -0.3 is 14.2 Å². The van der Waals surface area contributed by atoms with Crippen LogP contribution < -0.4 is 9.47 Å². The number of carbonyl (C=O) groups is 1. The molecule has 0 aromatic heterocycles. The smallest absolute Gasteiger partial charge is 0.305 e. The Morgan fingerprint density at radius 1 is 1.03 bits per heavy atom. The fourth-order valence-corrected chi connectivity index (χ4v) is 5.49. The third-order valence-electron chi connectivity index (χ3n) is 7.35. The Morgan fingerprint density at radius 3 is 2.46 bits per heavy atom. The number of halogens is 2. The van der Waals surface area contributed by atoms with Crippen molar-refractivity contribution >= 4 is 5.97 Å². The van der Waals surface area contributed by atoms with Crippen LogP contribution in [0.2, 0.25) is 0 Å². The standard InChI is InChI=1S/C27H34F2N2O4/c1-33-25-12-18-8-11-31(17-21(18)13-26(25)34-2)24-9-10-30(16-20(24)5-7-27(32)35-3)15-19-4-6-22(28)14-23(19)29/h4,6,12-14,20,24H,5,7-11,15-17H2,1-3H3/t20-,24+/m0/s1. The summed E-state index contributed by atoms with van der Waals surface area (Å²) in [4.78, 5) is 16.6. The van der Waals surface area contributed by atoms with Crippen molar-refractivity contribution in [3.05, 3.63) is 58.7 Å². The molecule has 0 amide bonds. The molecule has 0 radical (unpaired) electrons. The van der Waals surface area contributed by atoms with E-state index in [0.717, 1.165) is 56.6 Å². The highest BCUT2D eigenvalue weighted by molar-refractivity contribution is 5.69. The fraction of sp³-hybridized carbons (Fsp3) is 0.519. The normalized spacial score (nSPS) is 20.8. The van der Waals surface area contributed by atoms with Crippen LogP contribution in [0.15, 0.2) is 30.3 Å². The maximum absolute atomic E-state index is 14.3. The summed E-state index contributed by atoms with van der Waals surface area (Å²) in [6.45, 7) is 3.71. The van der Waals surface area contributed by atoms with Crippen molar-refractivity contribution in [3.63, 3.8) is 0 Å². The van der Waals surface area contributed by atoms with E-state index in [0.29, 0.717) is 31.0 Å². The van der Waals surface area contributed by atoms with E-state index in [2.05, 4.69) is 21.9 Å². The Bertz CT molecular complexity index is 1050. The average molecular weight is 489 g/mol. The number of nitrogens with zero attached hydrogens (tertiary/aromatic N) is 2. The third-order valence-corrected chi connectivity index (χ3v) is 7.35. The summed E-state index contributed by atoms with van der Waals surface area (Å²) in [5.74, 6) is 0.401. The molecule has 8 heteroatoms. The summed E-state index contributed by atoms with van der Waals surface area (Å²) in [5.41, 5.74) is 3.00. The minimum absolute atomic E-state index is 0.216. The monoisotopic (exact) mass is 488 g/mol. The van der Waals surface area contributed by atoms with Gasteiger partial charge in [-0.25, -0.2) is 8.78 Å². The molecule has 1 fully saturated rings. The minimum atomic E-state index is -0.569. The van der Waals surface area contributed by atoms with E-state index in [1.54, 1.807) is 14.2 Å². The molecule has 0 spiro atoms. The number of fused-ring (bicyclic) bond motifs is 1. The molecule has 0 aliphatic carbocycles. The maximum atomic E-state index is 14.3. The van der Waals surface area contributed by atoms with E-state index in [1.165, 1.54) is 30.4 Å². The number of carbonyl (C=O) groups excluding carboxylic acids is 1. The van der Waals surface area contributed by atoms with Crippen LogP contribution in [0.1, 0.15) is 36.0 Å². The molecule has 2 aliphatic heterocycles. The van der Waals surface area contributed by atoms with Gasteiger partial charge in [0.15, 0.2) is 11.5 Å². The van der Waals surface area contributed by atoms with Crippen LogP contribution in [0.3, 0.4) is 0 Å². The summed E-state index contributed by atoms with van der Waals surface area (Å²) in [7, 11) is 4.71. The first-order chi connectivity index (χ1) is 16.9. The Hall–Kier alpha value is -2.71. The van der Waals surface area contributed by atoms with Crippen LogP contribution in [0, 0.1) is 17.6 Å². The number of esters is 1. The van der Waals surface area contributed by atoms with E-state index in [9.17, 15) is 13.6 Å². The molecule has 0 unspecified atom stereocenters. The van der Waals surface area contributed by atoms with E-state index in [1.807, 2.05) is 0 Å². The lowest BCUT2D eigenvalue weighted by molar-refractivity contribution is -0.141. The Kier molecular flexibility index (Phi) is 8.23. The van der Waals surface area contributed by atoms with Crippen LogP contribution >= 0.6 is 0 Å². The number of hydrogen-bond donors (Lipinski definition) is 0. The number of piperidine rings is 1. The maximum Gasteiger partial charge on any atom is 0.305 e. The van der Waals surface area contributed by atoms with Crippen molar-refractivity contribution in [2.75, 3.05) is 41.0 Å². The van der Waals surface area contributed by atoms with Crippen LogP contribution in [-0.2, 0) is 29.0 Å². The second-order valence-electron chi connectivity index (χ2n) is 9.40. The molecule has 0 bridgehead atoms. The lowest BCUT2D eigenvalue weighted by Gasteiger charge is -2.45. The van der Waals surface area contributed by atoms with E-state index in [4.69, 9.17) is 14.2 Å². The Labute approximate surface area is 205 Å². The molecule has 190 valence electrons. The molecule has 2 aromatic carbocycles. The van der Waals surface area contributed by atoms with Gasteiger partial charge in [-0.1, -0.05) is 6.07 Å². The molecule has 2 atom stereocenters. The van der Waals surface area contributed by atoms with Crippen molar-refractivity contribution in [2.45, 2.75) is 44.8 Å². The predicted molar refractivity (Wildman–Crippen MR) is 128 cm³/mol. The van der Waals surface area contributed by atoms with Crippen LogP contribution in [0.4, 0.5) is 8.78 Å². The van der Waals surface area contributed by atoms with Gasteiger partial charge in [0.25, 0.3) is 0 Å². The second kappa shape index (κ2) is 11.4. The second-order valence-corrected chi connectivity index (χ2v) is 9.40. The molecule has 2 aromatic rings. The number of likely N-dealkylation sites (tertiary alicyclic amines) is 1. The Balaban J connectivity index is 1.49. The zero-order valence-corrected chi connectivity index (χ0v) is 20.7. The summed E-state index contributed by atoms with van der Waals surface area (Å²) in [6, 6.07) is 8.19. The number of benzene rings is 2. The molecule has 4 rings (SSSR count). The molecule has 1 saturated heterocycles. The first-order valence-corrected chi connectivity index (χ1v) is 12.1. The molecule has 2 aliphatic rings. The highest BCUT2D eigenvalue weighted by Gasteiger charge is 2.35. The van der Waals surface area contributed by atoms with E-state index < -0.39 is 11.6 Å². The first kappa shape index (κ1) is 25.4. The number of methoxy groups -OCH3 is 3. The molecule has 0 N–H and O–H groups in total. The minimum Gasteiger partial charge on any atom is -0.493 e. The van der Waals surface area contributed by atoms with Crippen LogP contribution in [-0.4, -0.2) is 62.8 Å². The number of rotatable bonds is 8. The summed E-state index contributed by atoms with van der Waals surface area (Å²) < 4.78 is 43.5. The largest absolute Gasteiger partial charge is 0.493 e. The molecular weight excluding hydrogens is 454 g/mol. The molecular formula is C27H34F2N2O4. The van der Waals surface area contributed by atoms with Crippen LogP contribution in [0.5, 0.6) is 11.5 Å². The number of hydrogen-bond acceptors (Lipinski definition) is 6. The lowest BCUT2D eigenvalue weighted by Crippen LogP contribution is -2.52. The summed E-state index contributed by atoms with van der Waals surface area (Å²) in [5, 5.41) is 0. The Morgan fingerprint density at radius 2 is 1.77 bits per heavy atom. The van der Waals surface area contributed by atoms with Crippen molar-refractivity contribution in [1.29, 1.82) is 0 Å². The van der Waals surface area contributed by atoms with Gasteiger partial charge in [-0.05, 0) is 61.1 Å². The lowest BCUT2D eigenvalue weighted by atomic mass is 9.85. The molecule has 0 saturated carbocycles. The van der Waals surface area contributed by atoms with Gasteiger partial charge in [0, 0.05) is 50.3 Å². The first-order valence-electron chi connectivity index (χ1n) is 12.1. The zero-order valence-electron chi connectivity index (χ0n) is 20.7. The molecule has 2 heterocycles. The quantitative estimate of drug-likeness (QED) is 0.520. The van der Waals surface area contributed by atoms with Gasteiger partial charge in [-0.2, -0.15) is 0 Å². The van der Waals surface area contributed by atoms with Crippen molar-refractivity contribution in [1.82, 2.24) is 9.80 Å². The van der Waals surface area contributed by atoms with Gasteiger partial charge in [0.2, 0.25) is 0 Å². The average Bonchev–Trinajstić information content (AvgIpc) is 2.87. The van der Waals surface area contributed by atoms with Crippen molar-refractivity contribution < 1.29 is 27.8 Å². The molecule has 35 heavy (non-hydrogen) atoms. The van der Waals surface area contributed by atoms with Gasteiger partial charge in [-0.3, -0.25) is 14.6 Å². The zero-order chi connectivity index (χ0) is 24.9. The van der Waals surface area contributed by atoms with Gasteiger partial charge in [0.1, 0.15) is 11.6 Å². The van der Waals surface area contributed by atoms with Crippen molar-refractivity contribution in [2.24, 2.45) is 5.92 Å². The highest BCUT2D eigenvalue weighted by Crippen LogP contribution is 2.36. The topological polar surface area (TPSA) is 51.2 Å². The highest BCUT2D eigenvalue weighted by atomic mass is 19.1. The van der Waals surface area contributed by atoms with Gasteiger partial charge >= 0.3 is 5.97 Å². The summed E-state index contributed by atoms with van der Waals surface area (Å²) >= 11 is 0. The number of ether oxygens (including phenoxy) is 3. The van der Waals surface area contributed by atoms with E-state index in [-0.39, 0.29) is 11.9 Å². The van der Waals surface area contributed by atoms with Crippen molar-refractivity contribution in [3.8, 4) is 11.5 Å². The van der Waals surface area contributed by atoms with Crippen LogP contribution in [0.25, 0.3) is 0 Å². The van der Waals surface area contributed by atoms with Gasteiger partial charge in [0.05, 0.1) is 21.3 Å². The van der Waals surface area contributed by atoms with E-state index >= 15 is 0 Å². The predicted octanol–water partition coefficient (Wildman–Crippen LogP) is 4.18. The SMILES string of the molecule is COC(=O)CC[C@H]1CN(Cc2ccc(F)cc2F)CC[C@H]1N1CCc2cc(OC)c(OC)cc2C1. The third kappa shape index (κ3) is 5.93. The van der Waals surface area contributed by atoms with Gasteiger partial charge in [-0.15, -0.1) is 0 Å². The molecule has 6 nitrogen and oxygen atoms in total. The fourth-order valence-electron chi connectivity index (χ4n) is 5.49.